The lowest BCUT2D eigenvalue weighted by Gasteiger charge is -2.42. The van der Waals surface area contributed by atoms with E-state index in [9.17, 15) is 10.0 Å². The van der Waals surface area contributed by atoms with Crippen LogP contribution in [-0.4, -0.2) is 17.9 Å². The fraction of sp³-hybridized carbons (Fsp3) is 0.500. The Labute approximate surface area is 185 Å². The van der Waals surface area contributed by atoms with Crippen molar-refractivity contribution in [1.29, 1.82) is 0 Å². The number of aromatic nitrogens is 3. The highest BCUT2D eigenvalue weighted by molar-refractivity contribution is 6.78. The second-order valence-corrected chi connectivity index (χ2v) is 14.7. The van der Waals surface area contributed by atoms with E-state index < -0.39 is 8.32 Å². The van der Waals surface area contributed by atoms with Gasteiger partial charge >= 0.3 is 11.3 Å². The molecule has 0 unspecified atom stereocenters. The van der Waals surface area contributed by atoms with E-state index in [1.54, 1.807) is 6.20 Å². The van der Waals surface area contributed by atoms with Crippen LogP contribution in [0.2, 0.25) is 16.6 Å². The second kappa shape index (κ2) is 8.53. The van der Waals surface area contributed by atoms with Gasteiger partial charge in [0.2, 0.25) is 0 Å². The molecule has 1 aromatic carbocycles. The highest BCUT2D eigenvalue weighted by Gasteiger charge is 2.47. The summed E-state index contributed by atoms with van der Waals surface area (Å²) in [4.78, 5) is 15.6. The smallest absolute Gasteiger partial charge is 0.418 e. The molecule has 0 spiro atoms. The van der Waals surface area contributed by atoms with Gasteiger partial charge in [0.1, 0.15) is 17.0 Å². The van der Waals surface area contributed by atoms with E-state index in [-0.39, 0.29) is 5.69 Å². The molecule has 1 N–H and O–H groups in total. The zero-order chi connectivity index (χ0) is 23.1. The van der Waals surface area contributed by atoms with Gasteiger partial charge in [0.15, 0.2) is 0 Å². The van der Waals surface area contributed by atoms with E-state index >= 15 is 0 Å². The lowest BCUT2D eigenvalue weighted by atomic mass is 10.1. The van der Waals surface area contributed by atoms with Crippen LogP contribution >= 0.6 is 0 Å². The van der Waals surface area contributed by atoms with E-state index in [1.165, 1.54) is 4.57 Å². The van der Waals surface area contributed by atoms with E-state index in [0.29, 0.717) is 33.5 Å². The lowest BCUT2D eigenvalue weighted by Crippen LogP contribution is -2.50. The van der Waals surface area contributed by atoms with Gasteiger partial charge in [-0.3, -0.25) is 4.98 Å². The number of nitrogens with one attached hydrogen (secondary N) is 1. The predicted molar refractivity (Wildman–Crippen MR) is 129 cm³/mol. The van der Waals surface area contributed by atoms with Gasteiger partial charge in [-0.1, -0.05) is 48.5 Å². The first kappa shape index (κ1) is 23.1. The monoisotopic (exact) mass is 441 g/mol. The first-order valence-electron chi connectivity index (χ1n) is 11.2. The number of pyridine rings is 1. The normalized spacial score (nSPS) is 12.5. The first-order chi connectivity index (χ1) is 14.5. The molecule has 0 radical (unpaired) electrons. The quantitative estimate of drug-likeness (QED) is 0.304. The molecule has 2 aromatic heterocycles. The van der Waals surface area contributed by atoms with Crippen molar-refractivity contribution >= 4 is 19.5 Å². The molecular formula is C24H35N3O3Si. The van der Waals surface area contributed by atoms with Gasteiger partial charge in [-0.05, 0) is 65.4 Å². The summed E-state index contributed by atoms with van der Waals surface area (Å²) in [6.07, 6.45) is 2.29. The molecule has 0 amide bonds. The number of aromatic amines is 1. The van der Waals surface area contributed by atoms with E-state index in [0.717, 1.165) is 28.0 Å². The van der Waals surface area contributed by atoms with Gasteiger partial charge in [-0.15, -0.1) is 4.57 Å². The van der Waals surface area contributed by atoms with Gasteiger partial charge in [0, 0.05) is 0 Å². The van der Waals surface area contributed by atoms with Crippen molar-refractivity contribution in [3.63, 3.8) is 0 Å². The number of hydrogen-bond donors (Lipinski definition) is 1. The van der Waals surface area contributed by atoms with Crippen molar-refractivity contribution in [3.8, 4) is 11.4 Å². The number of benzene rings is 1. The second-order valence-electron chi connectivity index (χ2n) is 9.34. The molecule has 3 rings (SSSR count). The summed E-state index contributed by atoms with van der Waals surface area (Å²) in [7, 11) is -2.06. The van der Waals surface area contributed by atoms with Gasteiger partial charge < -0.3 is 9.63 Å². The van der Waals surface area contributed by atoms with Crippen LogP contribution in [0.3, 0.4) is 0 Å². The summed E-state index contributed by atoms with van der Waals surface area (Å²) >= 11 is 0. The summed E-state index contributed by atoms with van der Waals surface area (Å²) in [5.74, 6) is 0.818. The first-order valence-corrected chi connectivity index (χ1v) is 13.3. The average Bonchev–Trinajstić information content (AvgIpc) is 3.06. The van der Waals surface area contributed by atoms with Crippen molar-refractivity contribution in [2.24, 2.45) is 0 Å². The zero-order valence-electron chi connectivity index (χ0n) is 19.9. The molecule has 0 saturated carbocycles. The minimum absolute atomic E-state index is 0.320. The Morgan fingerprint density at radius 3 is 2.10 bits per heavy atom. The maximum Gasteiger partial charge on any atom is 0.418 e. The standard InChI is InChI=1S/C24H35N3O3Si/c1-9-19-14-26(29)23-22(18(19)8)25-24(28)27(23)20-10-12-21(13-11-20)30-31(15(2)3,16(4)5)17(6)7/h10-17H,9H2,1-8H3,(H,25,28). The molecular weight excluding hydrogens is 406 g/mol. The van der Waals surface area contributed by atoms with Crippen LogP contribution < -0.4 is 14.8 Å². The number of H-pyrrole nitrogens is 1. The van der Waals surface area contributed by atoms with Crippen LogP contribution in [0.5, 0.6) is 5.75 Å². The number of imidazole rings is 1. The molecule has 168 valence electrons. The van der Waals surface area contributed by atoms with Crippen LogP contribution in [0.1, 0.15) is 59.6 Å². The highest BCUT2D eigenvalue weighted by atomic mass is 28.4. The number of rotatable bonds is 7. The Kier molecular flexibility index (Phi) is 6.37. The van der Waals surface area contributed by atoms with Crippen LogP contribution in [-0.2, 0) is 6.42 Å². The van der Waals surface area contributed by atoms with Gasteiger partial charge in [0.05, 0.1) is 6.20 Å². The van der Waals surface area contributed by atoms with Crippen molar-refractivity contribution in [1.82, 2.24) is 9.55 Å². The molecule has 0 aliphatic carbocycles. The number of hydrogen-bond acceptors (Lipinski definition) is 3. The average molecular weight is 442 g/mol. The van der Waals surface area contributed by atoms with Crippen LogP contribution in [0.25, 0.3) is 16.9 Å². The highest BCUT2D eigenvalue weighted by Crippen LogP contribution is 2.42. The summed E-state index contributed by atoms with van der Waals surface area (Å²) in [5, 5.41) is 12.7. The molecule has 0 fully saturated rings. The van der Waals surface area contributed by atoms with Crippen LogP contribution in [0, 0.1) is 12.1 Å². The molecule has 31 heavy (non-hydrogen) atoms. The summed E-state index contributed by atoms with van der Waals surface area (Å²) in [5.41, 5.74) is 4.51. The molecule has 6 nitrogen and oxygen atoms in total. The molecule has 7 heteroatoms. The SMILES string of the molecule is CCc1c[n+]([O-])c2c([nH]c(=O)n2-c2ccc(O[Si](C(C)C)(C(C)C)C(C)C)cc2)c1C. The third-order valence-corrected chi connectivity index (χ3v) is 12.7. The summed E-state index contributed by atoms with van der Waals surface area (Å²) in [6, 6.07) is 7.54. The molecule has 0 bridgehead atoms. The maximum atomic E-state index is 12.8. The predicted octanol–water partition coefficient (Wildman–Crippen LogP) is 5.38. The summed E-state index contributed by atoms with van der Waals surface area (Å²) < 4.78 is 8.96. The Bertz CT molecular complexity index is 1110. The number of aryl methyl sites for hydroxylation is 2. The van der Waals surface area contributed by atoms with Crippen LogP contribution in [0.15, 0.2) is 35.3 Å². The van der Waals surface area contributed by atoms with Crippen molar-refractivity contribution < 1.29 is 9.16 Å². The maximum absolute atomic E-state index is 12.8. The fourth-order valence-corrected chi connectivity index (χ4v) is 10.4. The third kappa shape index (κ3) is 3.80. The Balaban J connectivity index is 2.07. The van der Waals surface area contributed by atoms with Gasteiger partial charge in [0.25, 0.3) is 8.32 Å². The molecule has 3 aromatic rings. The molecule has 0 atom stereocenters. The topological polar surface area (TPSA) is 74.0 Å². The Hall–Kier alpha value is -2.54. The van der Waals surface area contributed by atoms with Crippen molar-refractivity contribution in [3.05, 3.63) is 57.3 Å². The Morgan fingerprint density at radius 2 is 1.61 bits per heavy atom. The molecule has 0 aliphatic rings. The zero-order valence-corrected chi connectivity index (χ0v) is 20.9. The largest absolute Gasteiger partial charge is 0.711 e. The third-order valence-electron chi connectivity index (χ3n) is 6.69. The van der Waals surface area contributed by atoms with Crippen molar-refractivity contribution in [2.75, 3.05) is 0 Å². The number of nitrogens with zero attached hydrogens (tertiary/aromatic N) is 2. The van der Waals surface area contributed by atoms with Gasteiger partial charge in [-0.2, -0.15) is 0 Å². The van der Waals surface area contributed by atoms with E-state index in [1.807, 2.05) is 38.1 Å². The van der Waals surface area contributed by atoms with E-state index in [2.05, 4.69) is 46.5 Å². The van der Waals surface area contributed by atoms with Gasteiger partial charge in [-0.25, -0.2) is 9.52 Å². The Morgan fingerprint density at radius 1 is 1.06 bits per heavy atom. The lowest BCUT2D eigenvalue weighted by molar-refractivity contribution is -0.580. The minimum Gasteiger partial charge on any atom is -0.711 e. The summed E-state index contributed by atoms with van der Waals surface area (Å²) in [6.45, 7) is 17.5. The molecule has 2 heterocycles. The molecule has 0 saturated heterocycles. The fourth-order valence-electron chi connectivity index (χ4n) is 5.17. The van der Waals surface area contributed by atoms with E-state index in [4.69, 9.17) is 4.43 Å². The number of fused-ring (bicyclic) bond motifs is 1. The molecule has 0 aliphatic heterocycles. The van der Waals surface area contributed by atoms with Crippen molar-refractivity contribution in [2.45, 2.75) is 78.4 Å². The van der Waals surface area contributed by atoms with Crippen LogP contribution in [0.4, 0.5) is 0 Å². The minimum atomic E-state index is -2.06.